The summed E-state index contributed by atoms with van der Waals surface area (Å²) in [6.07, 6.45) is 48.6. The highest BCUT2D eigenvalue weighted by atomic mass is 31.2. The second-order valence-corrected chi connectivity index (χ2v) is 28.3. The molecule has 0 rings (SSSR count). The van der Waals surface area contributed by atoms with E-state index in [1.54, 1.807) is 0 Å². The van der Waals surface area contributed by atoms with Crippen molar-refractivity contribution in [1.29, 1.82) is 0 Å². The molecule has 19 heteroatoms. The van der Waals surface area contributed by atoms with Crippen LogP contribution in [0.4, 0.5) is 0 Å². The van der Waals surface area contributed by atoms with Gasteiger partial charge in [-0.15, -0.1) is 0 Å². The van der Waals surface area contributed by atoms with Gasteiger partial charge in [-0.25, -0.2) is 9.13 Å². The van der Waals surface area contributed by atoms with Gasteiger partial charge >= 0.3 is 39.5 Å². The summed E-state index contributed by atoms with van der Waals surface area (Å²) >= 11 is 0. The maximum absolute atomic E-state index is 13.0. The molecule has 0 aliphatic carbocycles. The normalized spacial score (nSPS) is 14.1. The van der Waals surface area contributed by atoms with Crippen LogP contribution in [0.15, 0.2) is 0 Å². The average molecular weight is 1300 g/mol. The van der Waals surface area contributed by atoms with Gasteiger partial charge in [0.1, 0.15) is 19.3 Å². The Labute approximate surface area is 537 Å². The summed E-state index contributed by atoms with van der Waals surface area (Å²) in [4.78, 5) is 72.4. The Hall–Kier alpha value is -1.94. The number of carbonyl (C=O) groups is 4. The lowest BCUT2D eigenvalue weighted by Crippen LogP contribution is -2.30. The fraction of sp³-hybridized carbons (Fsp3) is 0.942. The van der Waals surface area contributed by atoms with Crippen molar-refractivity contribution < 1.29 is 80.2 Å². The van der Waals surface area contributed by atoms with E-state index in [1.807, 2.05) is 0 Å². The number of unbranched alkanes of at least 4 members (excludes halogenated alkanes) is 41. The van der Waals surface area contributed by atoms with E-state index in [2.05, 4.69) is 34.6 Å². The molecule has 88 heavy (non-hydrogen) atoms. The highest BCUT2D eigenvalue weighted by molar-refractivity contribution is 7.47. The number of phosphoric ester groups is 2. The van der Waals surface area contributed by atoms with E-state index in [0.717, 1.165) is 102 Å². The van der Waals surface area contributed by atoms with Crippen LogP contribution >= 0.6 is 15.6 Å². The fourth-order valence-corrected chi connectivity index (χ4v) is 12.0. The van der Waals surface area contributed by atoms with Crippen LogP contribution in [0.5, 0.6) is 0 Å². The van der Waals surface area contributed by atoms with E-state index in [9.17, 15) is 43.2 Å². The standard InChI is InChI=1S/C69H134O17P2/c1-6-9-12-15-18-21-23-24-25-26-27-28-30-34-40-45-50-55-69(74)86-65(59-80-67(72)53-48-43-38-35-31-32-36-41-46-51-62(4)5)61-84-88(77,78)82-57-63(70)56-81-87(75,76)83-60-64(58-79-66(71)52-47-42-37-20-17-14-11-8-3)85-68(73)54-49-44-39-33-29-22-19-16-13-10-7-2/h62-65,70H,6-61H2,1-5H3,(H,75,76)(H,77,78)/t63-,64+,65+/m0/s1. The van der Waals surface area contributed by atoms with Crippen LogP contribution < -0.4 is 0 Å². The summed E-state index contributed by atoms with van der Waals surface area (Å²) in [5.41, 5.74) is 0. The summed E-state index contributed by atoms with van der Waals surface area (Å²) in [5, 5.41) is 10.6. The van der Waals surface area contributed by atoms with Crippen LogP contribution in [0.3, 0.4) is 0 Å². The first-order valence-electron chi connectivity index (χ1n) is 36.1. The van der Waals surface area contributed by atoms with Gasteiger partial charge in [0.05, 0.1) is 26.4 Å². The van der Waals surface area contributed by atoms with Crippen molar-refractivity contribution in [2.24, 2.45) is 5.92 Å². The van der Waals surface area contributed by atoms with Crippen LogP contribution in [0.2, 0.25) is 0 Å². The molecule has 0 aromatic rings. The van der Waals surface area contributed by atoms with Gasteiger partial charge in [0.2, 0.25) is 0 Å². The number of hydrogen-bond acceptors (Lipinski definition) is 15. The highest BCUT2D eigenvalue weighted by Crippen LogP contribution is 2.45. The number of carbonyl (C=O) groups excluding carboxylic acids is 4. The van der Waals surface area contributed by atoms with Gasteiger partial charge < -0.3 is 33.8 Å². The van der Waals surface area contributed by atoms with Crippen molar-refractivity contribution in [3.8, 4) is 0 Å². The molecule has 522 valence electrons. The second kappa shape index (κ2) is 62.5. The van der Waals surface area contributed by atoms with Gasteiger partial charge in [0.15, 0.2) is 12.2 Å². The third-order valence-electron chi connectivity index (χ3n) is 16.0. The Balaban J connectivity index is 5.21. The Morgan fingerprint density at radius 1 is 0.307 bits per heavy atom. The molecule has 0 aromatic carbocycles. The quantitative estimate of drug-likeness (QED) is 0.0222. The van der Waals surface area contributed by atoms with Crippen LogP contribution in [0.25, 0.3) is 0 Å². The Morgan fingerprint density at radius 3 is 0.773 bits per heavy atom. The first kappa shape index (κ1) is 86.1. The van der Waals surface area contributed by atoms with Crippen LogP contribution in [-0.2, 0) is 65.4 Å². The molecular weight excluding hydrogens is 1160 g/mol. The number of aliphatic hydroxyl groups excluding tert-OH is 1. The molecule has 0 heterocycles. The predicted octanol–water partition coefficient (Wildman–Crippen LogP) is 19.7. The number of phosphoric acid groups is 2. The first-order chi connectivity index (χ1) is 42.5. The van der Waals surface area contributed by atoms with Gasteiger partial charge in [0, 0.05) is 25.7 Å². The van der Waals surface area contributed by atoms with Crippen molar-refractivity contribution in [3.63, 3.8) is 0 Å². The Kier molecular flexibility index (Phi) is 61.1. The van der Waals surface area contributed by atoms with E-state index >= 15 is 0 Å². The molecule has 0 spiro atoms. The van der Waals surface area contributed by atoms with Crippen LogP contribution in [0.1, 0.15) is 356 Å². The second-order valence-electron chi connectivity index (χ2n) is 25.4. The largest absolute Gasteiger partial charge is 0.472 e. The number of rotatable bonds is 69. The number of esters is 4. The van der Waals surface area contributed by atoms with E-state index in [1.165, 1.54) is 173 Å². The van der Waals surface area contributed by atoms with E-state index in [4.69, 9.17) is 37.0 Å². The maximum atomic E-state index is 13.0. The van der Waals surface area contributed by atoms with E-state index in [-0.39, 0.29) is 25.7 Å². The molecule has 2 unspecified atom stereocenters. The van der Waals surface area contributed by atoms with E-state index in [0.29, 0.717) is 25.7 Å². The molecular formula is C69H134O17P2. The van der Waals surface area contributed by atoms with Gasteiger partial charge in [-0.1, -0.05) is 304 Å². The maximum Gasteiger partial charge on any atom is 0.472 e. The zero-order chi connectivity index (χ0) is 64.9. The number of ether oxygens (including phenoxy) is 4. The van der Waals surface area contributed by atoms with Crippen molar-refractivity contribution in [3.05, 3.63) is 0 Å². The third-order valence-corrected chi connectivity index (χ3v) is 17.9. The average Bonchev–Trinajstić information content (AvgIpc) is 3.59. The van der Waals surface area contributed by atoms with Crippen LogP contribution in [0, 0.1) is 5.92 Å². The minimum absolute atomic E-state index is 0.107. The van der Waals surface area contributed by atoms with Gasteiger partial charge in [-0.05, 0) is 31.6 Å². The lowest BCUT2D eigenvalue weighted by Gasteiger charge is -2.21. The zero-order valence-corrected chi connectivity index (χ0v) is 58.6. The molecule has 0 fully saturated rings. The van der Waals surface area contributed by atoms with Gasteiger partial charge in [-0.2, -0.15) is 0 Å². The molecule has 0 saturated heterocycles. The molecule has 3 N–H and O–H groups in total. The lowest BCUT2D eigenvalue weighted by molar-refractivity contribution is -0.161. The molecule has 0 aromatic heterocycles. The summed E-state index contributed by atoms with van der Waals surface area (Å²) in [7, 11) is -9.89. The third kappa shape index (κ3) is 62.8. The monoisotopic (exact) mass is 1300 g/mol. The first-order valence-corrected chi connectivity index (χ1v) is 39.1. The molecule has 0 amide bonds. The number of hydrogen-bond donors (Lipinski definition) is 3. The molecule has 0 saturated carbocycles. The molecule has 17 nitrogen and oxygen atoms in total. The summed E-state index contributed by atoms with van der Waals surface area (Å²) in [5.74, 6) is -1.38. The minimum atomic E-state index is -4.95. The van der Waals surface area contributed by atoms with Crippen molar-refractivity contribution >= 4 is 39.5 Å². The topological polar surface area (TPSA) is 237 Å². The minimum Gasteiger partial charge on any atom is -0.462 e. The molecule has 5 atom stereocenters. The molecule has 0 bridgehead atoms. The van der Waals surface area contributed by atoms with Crippen LogP contribution in [-0.4, -0.2) is 96.7 Å². The number of aliphatic hydroxyl groups is 1. The zero-order valence-electron chi connectivity index (χ0n) is 56.9. The molecule has 0 aliphatic heterocycles. The molecule has 0 radical (unpaired) electrons. The summed E-state index contributed by atoms with van der Waals surface area (Å²) in [6.45, 7) is 7.19. The van der Waals surface area contributed by atoms with Crippen molar-refractivity contribution in [1.82, 2.24) is 0 Å². The van der Waals surface area contributed by atoms with Crippen molar-refractivity contribution in [2.75, 3.05) is 39.6 Å². The Morgan fingerprint density at radius 2 is 0.523 bits per heavy atom. The summed E-state index contributed by atoms with van der Waals surface area (Å²) < 4.78 is 68.2. The Bertz CT molecular complexity index is 1700. The van der Waals surface area contributed by atoms with Crippen molar-refractivity contribution in [2.45, 2.75) is 374 Å². The lowest BCUT2D eigenvalue weighted by atomic mass is 10.0. The van der Waals surface area contributed by atoms with E-state index < -0.39 is 97.5 Å². The fourth-order valence-electron chi connectivity index (χ4n) is 10.5. The van der Waals surface area contributed by atoms with Gasteiger partial charge in [-0.3, -0.25) is 37.3 Å². The SMILES string of the molecule is CCCCCCCCCCCCCCCCCCCC(=O)O[C@H](COC(=O)CCCCCCCCCCCC(C)C)COP(=O)(O)OC[C@@H](O)COP(=O)(O)OC[C@@H](COC(=O)CCCCCCCCCC)OC(=O)CCCCCCCCCCCCC. The summed E-state index contributed by atoms with van der Waals surface area (Å²) in [6, 6.07) is 0. The smallest absolute Gasteiger partial charge is 0.462 e. The highest BCUT2D eigenvalue weighted by Gasteiger charge is 2.30. The molecule has 0 aliphatic rings. The predicted molar refractivity (Wildman–Crippen MR) is 354 cm³/mol. The van der Waals surface area contributed by atoms with Gasteiger partial charge in [0.25, 0.3) is 0 Å².